The van der Waals surface area contributed by atoms with Crippen molar-refractivity contribution in [2.45, 2.75) is 352 Å². The molecule has 15 amide bonds. The van der Waals surface area contributed by atoms with Crippen molar-refractivity contribution in [3.8, 4) is 0 Å². The van der Waals surface area contributed by atoms with Gasteiger partial charge in [-0.05, 0) is 178 Å². The summed E-state index contributed by atoms with van der Waals surface area (Å²) in [4.78, 5) is 212. The molecular weight excluding hydrogens is 1970 g/mol. The first-order valence-electron chi connectivity index (χ1n) is 51.4. The van der Waals surface area contributed by atoms with Crippen LogP contribution < -0.4 is 46.1 Å². The summed E-state index contributed by atoms with van der Waals surface area (Å²) in [5.74, 6) is -10.4. The third-order valence-electron chi connectivity index (χ3n) is 31.0. The number of rotatable bonds is 23. The minimum atomic E-state index is -4.87. The Labute approximate surface area is 852 Å². The largest absolute Gasteiger partial charge is 0.444 e. The number of unbranched alkanes of at least 4 members (excludes halogenated alkanes) is 1. The summed E-state index contributed by atoms with van der Waals surface area (Å²) in [6.07, 6.45) is 6.66. The number of nitrogens with zero attached hydrogens (tertiary/aromatic N) is 6. The molecule has 9 aliphatic heterocycles. The van der Waals surface area contributed by atoms with E-state index in [4.69, 9.17) is 14.2 Å². The van der Waals surface area contributed by atoms with Crippen molar-refractivity contribution in [3.63, 3.8) is 0 Å². The van der Waals surface area contributed by atoms with Gasteiger partial charge in [0.05, 0.1) is 41.8 Å². The molecule has 18 rings (SSSR count). The zero-order valence-corrected chi connectivity index (χ0v) is 85.4. The predicted molar refractivity (Wildman–Crippen MR) is 523 cm³/mol. The molecule has 147 heavy (non-hydrogen) atoms. The third kappa shape index (κ3) is 24.8. The quantitative estimate of drug-likeness (QED) is 0.0343. The van der Waals surface area contributed by atoms with Crippen LogP contribution in [-0.2, 0) is 160 Å². The highest BCUT2D eigenvalue weighted by Gasteiger charge is 2.66. The highest BCUT2D eigenvalue weighted by Crippen LogP contribution is 2.50. The number of aryl methyl sites for hydroxylation is 3. The summed E-state index contributed by atoms with van der Waals surface area (Å²) in [6.45, 7) is 18.2. The van der Waals surface area contributed by atoms with Crippen LogP contribution in [-0.4, -0.2) is 257 Å². The average molecular weight is 2110 g/mol. The van der Waals surface area contributed by atoms with Gasteiger partial charge in [-0.15, -0.1) is 19.7 Å². The van der Waals surface area contributed by atoms with E-state index in [9.17, 15) is 110 Å². The molecule has 12 bridgehead atoms. The van der Waals surface area contributed by atoms with E-state index in [0.717, 1.165) is 88.8 Å². The van der Waals surface area contributed by atoms with Crippen molar-refractivity contribution in [2.24, 2.45) is 23.7 Å². The van der Waals surface area contributed by atoms with Gasteiger partial charge in [-0.2, -0.15) is 13.2 Å². The lowest BCUT2D eigenvalue weighted by molar-refractivity contribution is -0.157. The fraction of sp³-hybridized carbons (Fsp3) is 0.618. The molecule has 39 nitrogen and oxygen atoms in total. The first-order chi connectivity index (χ1) is 69.9. The number of ether oxygens (including phenoxy) is 3. The van der Waals surface area contributed by atoms with Gasteiger partial charge in [-0.3, -0.25) is 86.4 Å². The fourth-order valence-electron chi connectivity index (χ4n) is 21.7. The second kappa shape index (κ2) is 44.0. The van der Waals surface area contributed by atoms with E-state index < -0.39 is 231 Å². The highest BCUT2D eigenvalue weighted by molar-refractivity contribution is 7.91. The summed E-state index contributed by atoms with van der Waals surface area (Å²) in [7, 11) is -11.8. The molecule has 0 radical (unpaired) electrons. The summed E-state index contributed by atoms with van der Waals surface area (Å²) < 4.78 is 141. The first kappa shape index (κ1) is 108. The number of fused-ring (bicyclic) bond motifs is 9. The molecule has 9 heterocycles. The molecule has 0 spiro atoms. The number of halogens is 3. The van der Waals surface area contributed by atoms with Crippen molar-refractivity contribution in [2.75, 3.05) is 19.6 Å². The molecule has 6 aliphatic carbocycles. The van der Waals surface area contributed by atoms with Crippen LogP contribution in [0.3, 0.4) is 0 Å². The van der Waals surface area contributed by atoms with E-state index in [-0.39, 0.29) is 102 Å². The second-order valence-electron chi connectivity index (χ2n) is 42.2. The number of carbonyl (C=O) groups excluding carboxylic acids is 15. The van der Waals surface area contributed by atoms with Gasteiger partial charge < -0.3 is 60.8 Å². The monoisotopic (exact) mass is 2100 g/mol. The van der Waals surface area contributed by atoms with Crippen LogP contribution in [0, 0.1) is 23.7 Å². The molecule has 0 aromatic heterocycles. The average Bonchev–Trinajstić information content (AvgIpc) is 1.58. The SMILES string of the molecule is C=C[C@@H]1C[C@]1(NC(=O)[C@@H]1C[C@@H]2CN1C(=O)[C@H](C(C)C)NC(=O)CCCCCc1cccc3c1CN(C3)C(=O)O2)C(=O)NS(=O)(=O)C1CC1.C=C[C@@H]1C[C@]1(NC(=O)[C@@H]1C[C@@H]2CN1C(=O)[C@H](CC(F)(F)F)NC(=O)CCCCCc1cccc3c1CN(C3)C(=O)O2)C(=O)NS(=O)(=O)C1CC1.C=C[C@@H]1C[C@]1(NC(=O)[C@@H]1C[C@@H]2CN1C(=O)[C@H](CCCC)NC(=O)CCCCCc1cccc3c1CN(C3)C(=O)O2)C(=O)NS(=O)(=O)C1CC1. The Kier molecular flexibility index (Phi) is 32.3. The lowest BCUT2D eigenvalue weighted by Crippen LogP contribution is -2.59. The van der Waals surface area contributed by atoms with Gasteiger partial charge in [0.2, 0.25) is 83.2 Å². The van der Waals surface area contributed by atoms with Crippen LogP contribution in [0.4, 0.5) is 27.6 Å². The number of sulfonamides is 3. The van der Waals surface area contributed by atoms with E-state index in [2.05, 4.69) is 73.2 Å². The Balaban J connectivity index is 0.000000158. The minimum Gasteiger partial charge on any atom is -0.444 e. The summed E-state index contributed by atoms with van der Waals surface area (Å²) in [6, 6.07) is 10.2. The maximum absolute atomic E-state index is 14.2. The minimum absolute atomic E-state index is 0.00238. The molecule has 15 atom stereocenters. The van der Waals surface area contributed by atoms with Crippen molar-refractivity contribution in [1.29, 1.82) is 0 Å². The number of hydrogen-bond acceptors (Lipinski definition) is 24. The molecule has 3 aromatic rings. The zero-order chi connectivity index (χ0) is 105. The van der Waals surface area contributed by atoms with Crippen molar-refractivity contribution in [3.05, 3.63) is 143 Å². The number of benzene rings is 3. The van der Waals surface area contributed by atoms with Crippen LogP contribution in [0.2, 0.25) is 0 Å². The first-order valence-corrected chi connectivity index (χ1v) is 56.1. The lowest BCUT2D eigenvalue weighted by atomic mass is 9.98. The topological polar surface area (TPSA) is 514 Å². The van der Waals surface area contributed by atoms with E-state index >= 15 is 0 Å². The van der Waals surface area contributed by atoms with Gasteiger partial charge in [0.1, 0.15) is 71.2 Å². The molecule has 15 aliphatic rings. The second-order valence-corrected chi connectivity index (χ2v) is 48.1. The van der Waals surface area contributed by atoms with Crippen molar-refractivity contribution >= 4 is 119 Å². The zero-order valence-electron chi connectivity index (χ0n) is 82.9. The van der Waals surface area contributed by atoms with Crippen LogP contribution >= 0.6 is 0 Å². The number of carbonyl (C=O) groups is 15. The fourth-order valence-corrected chi connectivity index (χ4v) is 25.8. The molecule has 9 N–H and O–H groups in total. The maximum atomic E-state index is 14.2. The smallest absolute Gasteiger partial charge is 0.410 e. The molecule has 6 saturated carbocycles. The normalized spacial score (nSPS) is 29.1. The Morgan fingerprint density at radius 1 is 0.429 bits per heavy atom. The highest BCUT2D eigenvalue weighted by atomic mass is 32.2. The van der Waals surface area contributed by atoms with E-state index in [0.29, 0.717) is 116 Å². The van der Waals surface area contributed by atoms with Crippen LogP contribution in [0.15, 0.2) is 92.6 Å². The molecule has 3 saturated heterocycles. The van der Waals surface area contributed by atoms with Gasteiger partial charge in [-0.1, -0.05) is 126 Å². The molecule has 3 aromatic carbocycles. The molecular formula is C102H132F3N15O24S3. The van der Waals surface area contributed by atoms with Crippen LogP contribution in [0.1, 0.15) is 251 Å². The lowest BCUT2D eigenvalue weighted by Gasteiger charge is -2.31. The van der Waals surface area contributed by atoms with Gasteiger partial charge in [0, 0.05) is 95.5 Å². The number of amides is 15. The number of hydrogen-bond donors (Lipinski definition) is 9. The van der Waals surface area contributed by atoms with Crippen molar-refractivity contribution in [1.82, 2.24) is 75.5 Å². The van der Waals surface area contributed by atoms with Gasteiger partial charge in [0.15, 0.2) is 0 Å². The number of alkyl halides is 3. The Morgan fingerprint density at radius 2 is 0.728 bits per heavy atom. The Hall–Kier alpha value is -12.0. The van der Waals surface area contributed by atoms with Gasteiger partial charge >= 0.3 is 24.5 Å². The Morgan fingerprint density at radius 3 is 1.03 bits per heavy atom. The predicted octanol–water partition coefficient (Wildman–Crippen LogP) is 6.94. The van der Waals surface area contributed by atoms with Gasteiger partial charge in [-0.25, -0.2) is 39.6 Å². The maximum Gasteiger partial charge on any atom is 0.410 e. The van der Waals surface area contributed by atoms with Crippen molar-refractivity contribution < 1.29 is 125 Å². The Bertz CT molecular complexity index is 6100. The third-order valence-corrected chi connectivity index (χ3v) is 36.4. The molecule has 798 valence electrons. The van der Waals surface area contributed by atoms with E-state index in [1.54, 1.807) is 23.6 Å². The van der Waals surface area contributed by atoms with E-state index in [1.165, 1.54) is 44.1 Å². The standard InChI is InChI=1S/C35H47N5O8S.C34H45N5O8S.C33H40F3N5O8S/c1-3-5-13-28-32(43)40-20-25(17-29(40)31(42)37-35(18-24(35)4-2)33(44)38-49(46,47)26-15-16-26)48-34(45)39-19-23-12-9-11-22(27(23)21-39)10-7-6-8-14-30(41)36-28;1-4-23-16-34(23,32(43)37-48(45,46)25-13-14-25)36-30(41)27-15-24-18-39(27)31(42)29(20(2)3)35-28(40)12-7-5-6-9-21-10-8-11-22-17-38(19-26(21)22)33(44)47-24;1-2-21-14-32(21,30(45)39-50(47,48)23-11-12-23)38-28(43)26-13-22-17-41(26)29(44)25(15-33(34,35)36)37-27(42)10-5-3-4-7-19-8-6-9-20-16-40(18-24(19)20)31(46)49-22/h4,9,11-12,24-26,28-29H,2-3,5-8,10,13-21H2,1H3,(H,36,41)(H,37,42)(H,38,44);4,8,10-11,20,23-25,27,29H,1,5-7,9,12-19H2,2-3H3,(H,35,40)(H,36,41)(H,37,43);2,6,8-9,21-23,25-26H,1,3-5,7,10-18H2,(H,37,42)(H,38,43)(H,39,45)/t24-,25-,28+,29+,35-;23-,24-,27+,29+,34-;21-,22-,25+,26+,32-/m111/s1. The molecule has 45 heteroatoms. The summed E-state index contributed by atoms with van der Waals surface area (Å²) >= 11 is 0. The summed E-state index contributed by atoms with van der Waals surface area (Å²) in [5, 5.41) is 14.0. The van der Waals surface area contributed by atoms with E-state index in [1.807, 2.05) is 54.1 Å². The molecule has 9 fully saturated rings. The number of nitrogens with one attached hydrogen (secondary N) is 9. The van der Waals surface area contributed by atoms with Gasteiger partial charge in [0.25, 0.3) is 17.7 Å². The van der Waals surface area contributed by atoms with Crippen LogP contribution in [0.5, 0.6) is 0 Å². The summed E-state index contributed by atoms with van der Waals surface area (Å²) in [5.41, 5.74) is 4.83. The molecule has 0 unspecified atom stereocenters. The van der Waals surface area contributed by atoms with Crippen LogP contribution in [0.25, 0.3) is 0 Å².